The maximum Gasteiger partial charge on any atom is 0.251 e. The Morgan fingerprint density at radius 3 is 2.20 bits per heavy atom. The van der Waals surface area contributed by atoms with E-state index in [1.54, 1.807) is 48.5 Å². The molecule has 1 unspecified atom stereocenters. The van der Waals surface area contributed by atoms with Crippen LogP contribution in [0.3, 0.4) is 0 Å². The number of benzene rings is 2. The molecule has 0 aliphatic carbocycles. The lowest BCUT2D eigenvalue weighted by Crippen LogP contribution is -2.47. The van der Waals surface area contributed by atoms with E-state index in [4.69, 9.17) is 4.74 Å². The molecule has 1 atom stereocenters. The average molecular weight is 340 g/mol. The average Bonchev–Trinajstić information content (AvgIpc) is 2.61. The van der Waals surface area contributed by atoms with Crippen molar-refractivity contribution in [3.05, 3.63) is 60.2 Å². The Morgan fingerprint density at radius 1 is 1.00 bits per heavy atom. The summed E-state index contributed by atoms with van der Waals surface area (Å²) in [4.78, 5) is 24.9. The molecule has 5 nitrogen and oxygen atoms in total. The van der Waals surface area contributed by atoms with Gasteiger partial charge in [-0.2, -0.15) is 0 Å². The van der Waals surface area contributed by atoms with Gasteiger partial charge in [0.1, 0.15) is 11.8 Å². The highest BCUT2D eigenvalue weighted by molar-refractivity contribution is 6.01. The van der Waals surface area contributed by atoms with Gasteiger partial charge in [0.15, 0.2) is 0 Å². The lowest BCUT2D eigenvalue weighted by atomic mass is 10.0. The molecule has 2 aromatic rings. The van der Waals surface area contributed by atoms with Gasteiger partial charge < -0.3 is 15.4 Å². The summed E-state index contributed by atoms with van der Waals surface area (Å²) in [7, 11) is 0. The van der Waals surface area contributed by atoms with Gasteiger partial charge in [-0.1, -0.05) is 32.0 Å². The van der Waals surface area contributed by atoms with E-state index < -0.39 is 6.04 Å². The molecule has 25 heavy (non-hydrogen) atoms. The Morgan fingerprint density at radius 2 is 1.64 bits per heavy atom. The largest absolute Gasteiger partial charge is 0.494 e. The van der Waals surface area contributed by atoms with E-state index in [0.29, 0.717) is 17.9 Å². The van der Waals surface area contributed by atoms with Crippen molar-refractivity contribution in [3.63, 3.8) is 0 Å². The smallest absolute Gasteiger partial charge is 0.251 e. The molecule has 0 spiro atoms. The van der Waals surface area contributed by atoms with Crippen molar-refractivity contribution in [1.82, 2.24) is 5.32 Å². The van der Waals surface area contributed by atoms with E-state index in [-0.39, 0.29) is 17.7 Å². The Hall–Kier alpha value is -2.82. The zero-order valence-corrected chi connectivity index (χ0v) is 14.8. The predicted octanol–water partition coefficient (Wildman–Crippen LogP) is 3.48. The molecular weight excluding hydrogens is 316 g/mol. The lowest BCUT2D eigenvalue weighted by molar-refractivity contribution is -0.118. The number of nitrogens with one attached hydrogen (secondary N) is 2. The third kappa shape index (κ3) is 5.35. The third-order valence-electron chi connectivity index (χ3n) is 3.70. The van der Waals surface area contributed by atoms with Gasteiger partial charge in [-0.25, -0.2) is 0 Å². The van der Waals surface area contributed by atoms with Crippen LogP contribution >= 0.6 is 0 Å². The van der Waals surface area contributed by atoms with Crippen LogP contribution in [0, 0.1) is 5.92 Å². The first-order valence-corrected chi connectivity index (χ1v) is 8.41. The Labute approximate surface area is 148 Å². The summed E-state index contributed by atoms with van der Waals surface area (Å²) in [5.74, 6) is 0.193. The molecule has 2 N–H and O–H groups in total. The van der Waals surface area contributed by atoms with Crippen molar-refractivity contribution < 1.29 is 14.3 Å². The number of rotatable bonds is 7. The van der Waals surface area contributed by atoms with Crippen LogP contribution in [0.2, 0.25) is 0 Å². The minimum absolute atomic E-state index is 0.0460. The summed E-state index contributed by atoms with van der Waals surface area (Å²) in [6.45, 7) is 6.30. The first-order chi connectivity index (χ1) is 12.0. The number of amides is 2. The molecule has 0 heterocycles. The molecule has 0 bridgehead atoms. The van der Waals surface area contributed by atoms with Crippen LogP contribution in [0.5, 0.6) is 5.75 Å². The zero-order valence-electron chi connectivity index (χ0n) is 14.8. The van der Waals surface area contributed by atoms with Crippen LogP contribution in [0.15, 0.2) is 54.6 Å². The number of ether oxygens (including phenoxy) is 1. The Balaban J connectivity index is 2.03. The van der Waals surface area contributed by atoms with Gasteiger partial charge in [0.25, 0.3) is 5.91 Å². The van der Waals surface area contributed by atoms with Crippen molar-refractivity contribution in [3.8, 4) is 5.75 Å². The zero-order chi connectivity index (χ0) is 18.2. The van der Waals surface area contributed by atoms with Gasteiger partial charge in [-0.05, 0) is 49.2 Å². The molecule has 0 saturated heterocycles. The van der Waals surface area contributed by atoms with E-state index in [2.05, 4.69) is 10.6 Å². The number of hydrogen-bond acceptors (Lipinski definition) is 3. The van der Waals surface area contributed by atoms with Crippen LogP contribution in [-0.2, 0) is 4.79 Å². The summed E-state index contributed by atoms with van der Waals surface area (Å²) in [6.07, 6.45) is 0. The van der Waals surface area contributed by atoms with Crippen LogP contribution in [0.1, 0.15) is 31.1 Å². The summed E-state index contributed by atoms with van der Waals surface area (Å²) >= 11 is 0. The maximum atomic E-state index is 12.6. The molecule has 5 heteroatoms. The Bertz CT molecular complexity index is 697. The molecule has 0 radical (unpaired) electrons. The fourth-order valence-electron chi connectivity index (χ4n) is 2.37. The highest BCUT2D eigenvalue weighted by atomic mass is 16.5. The van der Waals surface area contributed by atoms with Crippen molar-refractivity contribution in [2.45, 2.75) is 26.8 Å². The minimum atomic E-state index is -0.626. The minimum Gasteiger partial charge on any atom is -0.494 e. The van der Waals surface area contributed by atoms with Gasteiger partial charge >= 0.3 is 0 Å². The second-order valence-electron chi connectivity index (χ2n) is 6.01. The molecule has 0 fully saturated rings. The summed E-state index contributed by atoms with van der Waals surface area (Å²) in [5.41, 5.74) is 1.19. The summed E-state index contributed by atoms with van der Waals surface area (Å²) in [5, 5.41) is 5.65. The van der Waals surface area contributed by atoms with E-state index in [1.807, 2.05) is 26.8 Å². The second-order valence-corrected chi connectivity index (χ2v) is 6.01. The highest BCUT2D eigenvalue weighted by Crippen LogP contribution is 2.16. The number of carbonyl (C=O) groups excluding carboxylic acids is 2. The normalized spacial score (nSPS) is 11.7. The summed E-state index contributed by atoms with van der Waals surface area (Å²) in [6, 6.07) is 15.4. The van der Waals surface area contributed by atoms with Gasteiger partial charge in [0, 0.05) is 11.3 Å². The van der Waals surface area contributed by atoms with Crippen LogP contribution in [0.4, 0.5) is 5.69 Å². The molecule has 2 amide bonds. The molecule has 2 rings (SSSR count). The number of anilines is 1. The molecule has 132 valence electrons. The second kappa shape index (κ2) is 8.87. The first kappa shape index (κ1) is 18.5. The van der Waals surface area contributed by atoms with Crippen molar-refractivity contribution in [2.24, 2.45) is 5.92 Å². The van der Waals surface area contributed by atoms with Crippen molar-refractivity contribution in [2.75, 3.05) is 11.9 Å². The molecular formula is C20H24N2O3. The van der Waals surface area contributed by atoms with Gasteiger partial charge in [-0.15, -0.1) is 0 Å². The molecule has 2 aromatic carbocycles. The SMILES string of the molecule is CCOc1ccc(NC(=O)C(NC(=O)c2ccccc2)C(C)C)cc1. The summed E-state index contributed by atoms with van der Waals surface area (Å²) < 4.78 is 5.38. The van der Waals surface area contributed by atoms with E-state index in [1.165, 1.54) is 0 Å². The predicted molar refractivity (Wildman–Crippen MR) is 98.8 cm³/mol. The van der Waals surface area contributed by atoms with E-state index >= 15 is 0 Å². The van der Waals surface area contributed by atoms with Gasteiger partial charge in [0.2, 0.25) is 5.91 Å². The monoisotopic (exact) mass is 340 g/mol. The fourth-order valence-corrected chi connectivity index (χ4v) is 2.37. The first-order valence-electron chi connectivity index (χ1n) is 8.41. The molecule has 0 aliphatic heterocycles. The lowest BCUT2D eigenvalue weighted by Gasteiger charge is -2.22. The van der Waals surface area contributed by atoms with Gasteiger partial charge in [0.05, 0.1) is 6.61 Å². The van der Waals surface area contributed by atoms with Crippen molar-refractivity contribution >= 4 is 17.5 Å². The highest BCUT2D eigenvalue weighted by Gasteiger charge is 2.24. The number of carbonyl (C=O) groups is 2. The van der Waals surface area contributed by atoms with E-state index in [9.17, 15) is 9.59 Å². The van der Waals surface area contributed by atoms with E-state index in [0.717, 1.165) is 5.75 Å². The van der Waals surface area contributed by atoms with Gasteiger partial charge in [-0.3, -0.25) is 9.59 Å². The topological polar surface area (TPSA) is 67.4 Å². The Kier molecular flexibility index (Phi) is 6.57. The third-order valence-corrected chi connectivity index (χ3v) is 3.70. The standard InChI is InChI=1S/C20H24N2O3/c1-4-25-17-12-10-16(11-13-17)21-20(24)18(14(2)3)22-19(23)15-8-6-5-7-9-15/h5-14,18H,4H2,1-3H3,(H,21,24)(H,22,23). The van der Waals surface area contributed by atoms with Crippen LogP contribution < -0.4 is 15.4 Å². The maximum absolute atomic E-state index is 12.6. The van der Waals surface area contributed by atoms with Crippen molar-refractivity contribution in [1.29, 1.82) is 0 Å². The molecule has 0 aliphatic rings. The van der Waals surface area contributed by atoms with Crippen LogP contribution in [0.25, 0.3) is 0 Å². The fraction of sp³-hybridized carbons (Fsp3) is 0.300. The quantitative estimate of drug-likeness (QED) is 0.811. The molecule has 0 aromatic heterocycles. The van der Waals surface area contributed by atoms with Crippen LogP contribution in [-0.4, -0.2) is 24.5 Å². The number of hydrogen-bond donors (Lipinski definition) is 2. The molecule has 0 saturated carbocycles.